The molecule has 3 aromatic carbocycles. The average Bonchev–Trinajstić information content (AvgIpc) is 2.99. The number of ether oxygens (including phenoxy) is 2. The highest BCUT2D eigenvalue weighted by Crippen LogP contribution is 2.35. The Labute approximate surface area is 248 Å². The lowest BCUT2D eigenvalue weighted by Gasteiger charge is -2.35. The van der Waals surface area contributed by atoms with Crippen LogP contribution in [-0.4, -0.2) is 78.9 Å². The molecule has 4 rings (SSSR count). The quantitative estimate of drug-likeness (QED) is 0.350. The summed E-state index contributed by atoms with van der Waals surface area (Å²) in [5.41, 5.74) is -0.582. The highest BCUT2D eigenvalue weighted by Gasteiger charge is 2.36. The monoisotopic (exact) mass is 641 g/mol. The first-order valence-corrected chi connectivity index (χ1v) is 15.8. The topological polar surface area (TPSA) is 114 Å². The Morgan fingerprint density at radius 3 is 2.02 bits per heavy atom. The lowest BCUT2D eigenvalue weighted by atomic mass is 10.2. The van der Waals surface area contributed by atoms with E-state index in [1.807, 2.05) is 6.92 Å². The number of hydrogen-bond donors (Lipinski definition) is 0. The van der Waals surface area contributed by atoms with E-state index < -0.39 is 44.2 Å². The van der Waals surface area contributed by atoms with Gasteiger partial charge in [-0.2, -0.15) is 17.5 Å². The molecule has 0 aromatic heterocycles. The van der Waals surface area contributed by atoms with Crippen LogP contribution in [0.1, 0.15) is 11.1 Å². The first-order valence-electron chi connectivity index (χ1n) is 12.9. The molecule has 1 fully saturated rings. The van der Waals surface area contributed by atoms with Gasteiger partial charge in [0, 0.05) is 32.2 Å². The maximum atomic E-state index is 13.8. The maximum absolute atomic E-state index is 13.8. The number of amides is 1. The van der Waals surface area contributed by atoms with E-state index in [0.717, 1.165) is 29.8 Å². The molecular formula is C28H30F3N3O7S2. The van der Waals surface area contributed by atoms with Crippen molar-refractivity contribution in [1.29, 1.82) is 0 Å². The van der Waals surface area contributed by atoms with Gasteiger partial charge in [-0.3, -0.25) is 9.10 Å². The summed E-state index contributed by atoms with van der Waals surface area (Å²) in [4.78, 5) is 14.5. The third-order valence-electron chi connectivity index (χ3n) is 6.93. The number of aryl methyl sites for hydroxylation is 1. The Morgan fingerprint density at radius 1 is 0.837 bits per heavy atom. The molecule has 1 aliphatic heterocycles. The van der Waals surface area contributed by atoms with Gasteiger partial charge in [0.05, 0.1) is 35.3 Å². The summed E-state index contributed by atoms with van der Waals surface area (Å²) in [6, 6.07) is 13.7. The molecule has 0 spiro atoms. The van der Waals surface area contributed by atoms with Crippen LogP contribution in [0.15, 0.2) is 76.5 Å². The number of benzene rings is 3. The van der Waals surface area contributed by atoms with Crippen LogP contribution in [0.5, 0.6) is 11.5 Å². The largest absolute Gasteiger partial charge is 0.493 e. The van der Waals surface area contributed by atoms with Gasteiger partial charge in [0.1, 0.15) is 6.54 Å². The number of halogens is 3. The predicted octanol–water partition coefficient (Wildman–Crippen LogP) is 3.76. The van der Waals surface area contributed by atoms with Gasteiger partial charge in [0.15, 0.2) is 11.5 Å². The van der Waals surface area contributed by atoms with Crippen molar-refractivity contribution in [1.82, 2.24) is 9.21 Å². The van der Waals surface area contributed by atoms with Crippen molar-refractivity contribution in [2.24, 2.45) is 0 Å². The van der Waals surface area contributed by atoms with Crippen molar-refractivity contribution >= 4 is 31.6 Å². The van der Waals surface area contributed by atoms with Crippen molar-refractivity contribution in [3.63, 3.8) is 0 Å². The Hall–Kier alpha value is -3.82. The van der Waals surface area contributed by atoms with Crippen LogP contribution in [-0.2, 0) is 31.0 Å². The fourth-order valence-corrected chi connectivity index (χ4v) is 7.36. The van der Waals surface area contributed by atoms with Gasteiger partial charge >= 0.3 is 6.18 Å². The molecule has 1 aliphatic rings. The normalized spacial score (nSPS) is 14.8. The number of carbonyl (C=O) groups is 1. The molecule has 0 atom stereocenters. The minimum absolute atomic E-state index is 0.0449. The number of hydrogen-bond acceptors (Lipinski definition) is 7. The summed E-state index contributed by atoms with van der Waals surface area (Å²) in [5.74, 6) is -0.430. The van der Waals surface area contributed by atoms with Crippen LogP contribution < -0.4 is 13.8 Å². The fraction of sp³-hybridized carbons (Fsp3) is 0.321. The number of rotatable bonds is 9. The first-order chi connectivity index (χ1) is 20.2. The molecule has 0 radical (unpaired) electrons. The van der Waals surface area contributed by atoms with Crippen molar-refractivity contribution in [2.75, 3.05) is 51.2 Å². The summed E-state index contributed by atoms with van der Waals surface area (Å²) >= 11 is 0. The number of sulfonamides is 2. The summed E-state index contributed by atoms with van der Waals surface area (Å²) < 4.78 is 107. The van der Waals surface area contributed by atoms with E-state index in [1.165, 1.54) is 47.7 Å². The van der Waals surface area contributed by atoms with Gasteiger partial charge in [-0.25, -0.2) is 16.8 Å². The minimum Gasteiger partial charge on any atom is -0.493 e. The van der Waals surface area contributed by atoms with Crippen LogP contribution in [0.25, 0.3) is 0 Å². The van der Waals surface area contributed by atoms with E-state index in [-0.39, 0.29) is 53.2 Å². The van der Waals surface area contributed by atoms with E-state index in [1.54, 1.807) is 12.1 Å². The molecule has 232 valence electrons. The smallest absolute Gasteiger partial charge is 0.416 e. The zero-order valence-corrected chi connectivity index (χ0v) is 25.2. The van der Waals surface area contributed by atoms with Crippen molar-refractivity contribution in [3.8, 4) is 11.5 Å². The van der Waals surface area contributed by atoms with Crippen molar-refractivity contribution < 1.29 is 44.3 Å². The number of carbonyl (C=O) groups excluding carboxylic acids is 1. The molecule has 0 aliphatic carbocycles. The molecule has 10 nitrogen and oxygen atoms in total. The standard InChI is InChI=1S/C28H30F3N3O7S2/c1-20-7-9-23(10-8-20)42(36,37)33-15-13-32(14-16-33)27(35)19-34(22-6-4-5-21(17-22)28(29,30)31)43(38,39)24-11-12-25(40-2)26(18-24)41-3/h4-12,17-18H,13-16,19H2,1-3H3. The van der Waals surface area contributed by atoms with Crippen molar-refractivity contribution in [3.05, 3.63) is 77.9 Å². The molecule has 0 N–H and O–H groups in total. The van der Waals surface area contributed by atoms with E-state index in [0.29, 0.717) is 10.4 Å². The van der Waals surface area contributed by atoms with Gasteiger partial charge < -0.3 is 14.4 Å². The Morgan fingerprint density at radius 2 is 1.44 bits per heavy atom. The Balaban J connectivity index is 1.62. The predicted molar refractivity (Wildman–Crippen MR) is 152 cm³/mol. The second-order valence-corrected chi connectivity index (χ2v) is 13.5. The highest BCUT2D eigenvalue weighted by atomic mass is 32.2. The van der Waals surface area contributed by atoms with Crippen LogP contribution in [0.4, 0.5) is 18.9 Å². The SMILES string of the molecule is COc1ccc(S(=O)(=O)N(CC(=O)N2CCN(S(=O)(=O)c3ccc(C)cc3)CC2)c2cccc(C(F)(F)F)c2)cc1OC. The summed E-state index contributed by atoms with van der Waals surface area (Å²) in [7, 11) is -5.78. The molecule has 1 amide bonds. The van der Waals surface area contributed by atoms with Gasteiger partial charge in [-0.1, -0.05) is 23.8 Å². The second kappa shape index (κ2) is 12.4. The van der Waals surface area contributed by atoms with E-state index in [4.69, 9.17) is 9.47 Å². The summed E-state index contributed by atoms with van der Waals surface area (Å²) in [6.45, 7) is 0.812. The van der Waals surface area contributed by atoms with Crippen LogP contribution >= 0.6 is 0 Å². The maximum Gasteiger partial charge on any atom is 0.416 e. The zero-order chi connectivity index (χ0) is 31.6. The average molecular weight is 642 g/mol. The fourth-order valence-electron chi connectivity index (χ4n) is 4.52. The lowest BCUT2D eigenvalue weighted by molar-refractivity contribution is -0.137. The zero-order valence-electron chi connectivity index (χ0n) is 23.5. The molecule has 15 heteroatoms. The molecule has 0 bridgehead atoms. The molecule has 1 heterocycles. The van der Waals surface area contributed by atoms with Crippen LogP contribution in [0.2, 0.25) is 0 Å². The number of nitrogens with zero attached hydrogens (tertiary/aromatic N) is 3. The van der Waals surface area contributed by atoms with Crippen LogP contribution in [0.3, 0.4) is 0 Å². The van der Waals surface area contributed by atoms with E-state index in [9.17, 15) is 34.8 Å². The van der Waals surface area contributed by atoms with Gasteiger partial charge in [0.2, 0.25) is 15.9 Å². The third-order valence-corrected chi connectivity index (χ3v) is 10.6. The van der Waals surface area contributed by atoms with Gasteiger partial charge in [0.25, 0.3) is 10.0 Å². The van der Waals surface area contributed by atoms with E-state index in [2.05, 4.69) is 0 Å². The molecule has 43 heavy (non-hydrogen) atoms. The third kappa shape index (κ3) is 6.89. The Bertz CT molecular complexity index is 1690. The summed E-state index contributed by atoms with van der Waals surface area (Å²) in [6.07, 6.45) is -4.77. The minimum atomic E-state index is -4.77. The highest BCUT2D eigenvalue weighted by molar-refractivity contribution is 7.92. The molecule has 1 saturated heterocycles. The first kappa shape index (κ1) is 32.1. The summed E-state index contributed by atoms with van der Waals surface area (Å²) in [5, 5.41) is 0. The Kier molecular flexibility index (Phi) is 9.27. The molecule has 3 aromatic rings. The molecule has 0 saturated carbocycles. The van der Waals surface area contributed by atoms with Crippen LogP contribution in [0, 0.1) is 6.92 Å². The number of piperazine rings is 1. The van der Waals surface area contributed by atoms with E-state index >= 15 is 0 Å². The second-order valence-electron chi connectivity index (χ2n) is 9.67. The number of alkyl halides is 3. The number of anilines is 1. The van der Waals surface area contributed by atoms with Gasteiger partial charge in [-0.15, -0.1) is 0 Å². The molecular weight excluding hydrogens is 611 g/mol. The van der Waals surface area contributed by atoms with Crippen molar-refractivity contribution in [2.45, 2.75) is 22.9 Å². The number of methoxy groups -OCH3 is 2. The lowest BCUT2D eigenvalue weighted by Crippen LogP contribution is -2.53. The molecule has 0 unspecified atom stereocenters. The van der Waals surface area contributed by atoms with Gasteiger partial charge in [-0.05, 0) is 49.4 Å².